The molecule has 0 saturated heterocycles. The molecule has 0 amide bonds. The van der Waals surface area contributed by atoms with E-state index in [4.69, 9.17) is 11.6 Å². The van der Waals surface area contributed by atoms with Gasteiger partial charge in [0.05, 0.1) is 22.0 Å². The van der Waals surface area contributed by atoms with Gasteiger partial charge >= 0.3 is 0 Å². The molecule has 2 rings (SSSR count). The number of nitrogens with one attached hydrogen (secondary N) is 2. The van der Waals surface area contributed by atoms with Crippen molar-refractivity contribution in [3.8, 4) is 0 Å². The highest BCUT2D eigenvalue weighted by atomic mass is 79.9. The average Bonchev–Trinajstić information content (AvgIpc) is 2.59. The van der Waals surface area contributed by atoms with Crippen LogP contribution in [0.4, 0.5) is 5.82 Å². The maximum Gasteiger partial charge on any atom is 0.231 e. The first kappa shape index (κ1) is 14.6. The highest BCUT2D eigenvalue weighted by Crippen LogP contribution is 2.39. The maximum absolute atomic E-state index is 11.4. The van der Waals surface area contributed by atoms with E-state index in [1.165, 1.54) is 0 Å². The lowest BCUT2D eigenvalue weighted by atomic mass is 9.98. The van der Waals surface area contributed by atoms with Crippen LogP contribution in [0.2, 0.25) is 0 Å². The molecule has 0 atom stereocenters. The Morgan fingerprint density at radius 3 is 2.58 bits per heavy atom. The fourth-order valence-electron chi connectivity index (χ4n) is 1.85. The summed E-state index contributed by atoms with van der Waals surface area (Å²) >= 11 is 9.75. The molecule has 0 saturated carbocycles. The van der Waals surface area contributed by atoms with Crippen LogP contribution in [0.1, 0.15) is 19.4 Å². The van der Waals surface area contributed by atoms with E-state index in [9.17, 15) is 8.42 Å². The Morgan fingerprint density at radius 2 is 2.05 bits per heavy atom. The fourth-order valence-corrected chi connectivity index (χ4v) is 2.92. The summed E-state index contributed by atoms with van der Waals surface area (Å²) in [6.45, 7) is 3.68. The zero-order chi connectivity index (χ0) is 14.4. The van der Waals surface area contributed by atoms with Crippen LogP contribution in [0, 0.1) is 0 Å². The summed E-state index contributed by atoms with van der Waals surface area (Å²) in [5.41, 5.74) is 1.50. The van der Waals surface area contributed by atoms with Gasteiger partial charge in [0.15, 0.2) is 5.82 Å². The SMILES string of the molecule is CC(C)(Cl)c1ccc(Br)c2[nH]nc(NS(C)(=O)=O)c12. The van der Waals surface area contributed by atoms with Crippen molar-refractivity contribution < 1.29 is 8.42 Å². The van der Waals surface area contributed by atoms with Crippen LogP contribution in [-0.4, -0.2) is 24.9 Å². The Morgan fingerprint density at radius 1 is 1.42 bits per heavy atom. The van der Waals surface area contributed by atoms with E-state index in [1.807, 2.05) is 26.0 Å². The minimum Gasteiger partial charge on any atom is -0.275 e. The summed E-state index contributed by atoms with van der Waals surface area (Å²) in [6.07, 6.45) is 1.08. The van der Waals surface area contributed by atoms with Crippen LogP contribution in [-0.2, 0) is 14.9 Å². The molecule has 5 nitrogen and oxygen atoms in total. The number of nitrogens with zero attached hydrogens (tertiary/aromatic N) is 1. The zero-order valence-corrected chi connectivity index (χ0v) is 13.7. The average molecular weight is 367 g/mol. The standard InChI is InChI=1S/C11H13BrClN3O2S/c1-11(2,13)6-4-5-7(12)9-8(6)10(15-14-9)16-19(3,17)18/h4-5H,1-3H3,(H2,14,15,16). The number of hydrogen-bond donors (Lipinski definition) is 2. The topological polar surface area (TPSA) is 74.8 Å². The number of benzene rings is 1. The largest absolute Gasteiger partial charge is 0.275 e. The Kier molecular flexibility index (Phi) is 3.57. The molecule has 0 radical (unpaired) electrons. The Bertz CT molecular complexity index is 734. The van der Waals surface area contributed by atoms with Gasteiger partial charge in [-0.25, -0.2) is 8.42 Å². The van der Waals surface area contributed by atoms with Crippen molar-refractivity contribution in [2.45, 2.75) is 18.7 Å². The molecule has 1 aromatic carbocycles. The normalized spacial score (nSPS) is 12.9. The molecule has 0 fully saturated rings. The van der Waals surface area contributed by atoms with Crippen LogP contribution >= 0.6 is 27.5 Å². The zero-order valence-electron chi connectivity index (χ0n) is 10.6. The lowest BCUT2D eigenvalue weighted by Gasteiger charge is -2.18. The molecule has 0 aliphatic carbocycles. The van der Waals surface area contributed by atoms with Crippen molar-refractivity contribution in [3.63, 3.8) is 0 Å². The van der Waals surface area contributed by atoms with Gasteiger partial charge in [0.25, 0.3) is 0 Å². The van der Waals surface area contributed by atoms with Crippen molar-refractivity contribution in [2.75, 3.05) is 11.0 Å². The van der Waals surface area contributed by atoms with Crippen LogP contribution in [0.3, 0.4) is 0 Å². The summed E-state index contributed by atoms with van der Waals surface area (Å²) in [7, 11) is -3.40. The second kappa shape index (κ2) is 4.64. The second-order valence-corrected chi connectivity index (χ2v) is 8.31. The van der Waals surface area contributed by atoms with Crippen molar-refractivity contribution in [1.82, 2.24) is 10.2 Å². The number of rotatable bonds is 3. The number of hydrogen-bond acceptors (Lipinski definition) is 3. The number of aromatic nitrogens is 2. The molecule has 0 unspecified atom stereocenters. The monoisotopic (exact) mass is 365 g/mol. The highest BCUT2D eigenvalue weighted by Gasteiger charge is 2.24. The third-order valence-electron chi connectivity index (χ3n) is 2.59. The van der Waals surface area contributed by atoms with E-state index in [1.54, 1.807) is 0 Å². The summed E-state index contributed by atoms with van der Waals surface area (Å²) in [5.74, 6) is 0.252. The number of aromatic amines is 1. The van der Waals surface area contributed by atoms with Gasteiger partial charge in [-0.15, -0.1) is 11.6 Å². The van der Waals surface area contributed by atoms with Gasteiger partial charge in [0, 0.05) is 4.47 Å². The molecule has 19 heavy (non-hydrogen) atoms. The molecule has 2 N–H and O–H groups in total. The van der Waals surface area contributed by atoms with E-state index in [-0.39, 0.29) is 5.82 Å². The number of fused-ring (bicyclic) bond motifs is 1. The highest BCUT2D eigenvalue weighted by molar-refractivity contribution is 9.10. The quantitative estimate of drug-likeness (QED) is 0.819. The van der Waals surface area contributed by atoms with Gasteiger partial charge in [-0.05, 0) is 41.4 Å². The molecular weight excluding hydrogens is 354 g/mol. The Labute approximate surface area is 124 Å². The first-order valence-corrected chi connectivity index (χ1v) is 8.49. The number of alkyl halides is 1. The van der Waals surface area contributed by atoms with E-state index >= 15 is 0 Å². The van der Waals surface area contributed by atoms with Gasteiger partial charge in [0.2, 0.25) is 10.0 Å². The molecule has 0 aliphatic heterocycles. The third kappa shape index (κ3) is 3.04. The predicted octanol–water partition coefficient (Wildman–Crippen LogP) is 3.17. The lowest BCUT2D eigenvalue weighted by molar-refractivity contribution is 0.606. The van der Waals surface area contributed by atoms with E-state index < -0.39 is 14.9 Å². The van der Waals surface area contributed by atoms with Gasteiger partial charge in [-0.1, -0.05) is 6.07 Å². The minimum absolute atomic E-state index is 0.252. The second-order valence-electron chi connectivity index (χ2n) is 4.76. The van der Waals surface area contributed by atoms with Gasteiger partial charge in [0.1, 0.15) is 0 Å². The predicted molar refractivity (Wildman–Crippen MR) is 81.1 cm³/mol. The molecular formula is C11H13BrClN3O2S. The number of anilines is 1. The van der Waals surface area contributed by atoms with E-state index in [0.29, 0.717) is 10.9 Å². The van der Waals surface area contributed by atoms with Crippen molar-refractivity contribution in [3.05, 3.63) is 22.2 Å². The first-order valence-electron chi connectivity index (χ1n) is 5.43. The molecule has 1 heterocycles. The summed E-state index contributed by atoms with van der Waals surface area (Å²) in [5, 5.41) is 7.49. The smallest absolute Gasteiger partial charge is 0.231 e. The van der Waals surface area contributed by atoms with Crippen LogP contribution in [0.25, 0.3) is 10.9 Å². The Hall–Kier alpha value is -0.790. The summed E-state index contributed by atoms with van der Waals surface area (Å²) in [6, 6.07) is 3.70. The van der Waals surface area contributed by atoms with E-state index in [0.717, 1.165) is 16.3 Å². The molecule has 0 bridgehead atoms. The van der Waals surface area contributed by atoms with Gasteiger partial charge < -0.3 is 0 Å². The fraction of sp³-hybridized carbons (Fsp3) is 0.364. The molecule has 0 aliphatic rings. The first-order chi connectivity index (χ1) is 8.59. The lowest BCUT2D eigenvalue weighted by Crippen LogP contribution is -2.12. The number of H-pyrrole nitrogens is 1. The van der Waals surface area contributed by atoms with Gasteiger partial charge in [-0.2, -0.15) is 5.10 Å². The molecule has 8 heteroatoms. The minimum atomic E-state index is -3.40. The summed E-state index contributed by atoms with van der Waals surface area (Å²) in [4.78, 5) is -0.642. The third-order valence-corrected chi connectivity index (χ3v) is 4.02. The van der Waals surface area contributed by atoms with Crippen LogP contribution in [0.15, 0.2) is 16.6 Å². The number of sulfonamides is 1. The molecule has 104 valence electrons. The van der Waals surface area contributed by atoms with Crippen LogP contribution < -0.4 is 4.72 Å². The van der Waals surface area contributed by atoms with Crippen molar-refractivity contribution >= 4 is 54.3 Å². The van der Waals surface area contributed by atoms with E-state index in [2.05, 4.69) is 30.8 Å². The van der Waals surface area contributed by atoms with Crippen molar-refractivity contribution in [1.29, 1.82) is 0 Å². The van der Waals surface area contributed by atoms with Crippen LogP contribution in [0.5, 0.6) is 0 Å². The Balaban J connectivity index is 2.78. The molecule has 0 spiro atoms. The molecule has 2 aromatic rings. The van der Waals surface area contributed by atoms with Crippen molar-refractivity contribution in [2.24, 2.45) is 0 Å². The summed E-state index contributed by atoms with van der Waals surface area (Å²) < 4.78 is 25.9. The molecule has 1 aromatic heterocycles. The maximum atomic E-state index is 11.4. The number of halogens is 2. The van der Waals surface area contributed by atoms with Gasteiger partial charge in [-0.3, -0.25) is 9.82 Å².